The fourth-order valence-electron chi connectivity index (χ4n) is 3.51. The van der Waals surface area contributed by atoms with Gasteiger partial charge in [0.25, 0.3) is 0 Å². The summed E-state index contributed by atoms with van der Waals surface area (Å²) >= 11 is 0. The topological polar surface area (TPSA) is 68.9 Å². The van der Waals surface area contributed by atoms with Gasteiger partial charge in [0.1, 0.15) is 0 Å². The maximum Gasteiger partial charge on any atom is 0.0844 e. The standard InChI is InChI=1S/C21H31N3O2P2/c1-4-15-6-5-7-16(14-23-15)27-20-17(13-22)18(21(2,3)25)12-19(28-20)24-8-10-26-11-9-24/h5-7,12-13,20,22,25,27-28H,4,8-11,14H2,1-3H3. The fraction of sp³-hybridized carbons (Fsp3) is 0.524. The van der Waals surface area contributed by atoms with Crippen LogP contribution in [-0.2, 0) is 4.74 Å². The van der Waals surface area contributed by atoms with Gasteiger partial charge in [-0.2, -0.15) is 0 Å². The maximum absolute atomic E-state index is 10.8. The Morgan fingerprint density at radius 1 is 1.43 bits per heavy atom. The summed E-state index contributed by atoms with van der Waals surface area (Å²) in [6, 6.07) is 0. The normalized spacial score (nSPS) is 25.1. The summed E-state index contributed by atoms with van der Waals surface area (Å²) < 4.78 is 5.52. The third-order valence-corrected chi connectivity index (χ3v) is 8.61. The number of allylic oxidation sites excluding steroid dienone is 4. The molecule has 0 saturated carbocycles. The van der Waals surface area contributed by atoms with Gasteiger partial charge in [-0.1, -0.05) is 36.2 Å². The van der Waals surface area contributed by atoms with Gasteiger partial charge in [0, 0.05) is 35.9 Å². The van der Waals surface area contributed by atoms with Crippen LogP contribution in [0.1, 0.15) is 27.2 Å². The minimum Gasteiger partial charge on any atom is -0.386 e. The summed E-state index contributed by atoms with van der Waals surface area (Å²) in [7, 11) is 1.16. The lowest BCUT2D eigenvalue weighted by atomic mass is 9.93. The highest BCUT2D eigenvalue weighted by Crippen LogP contribution is 2.53. The number of ether oxygens (including phenoxy) is 1. The van der Waals surface area contributed by atoms with E-state index in [1.54, 1.807) is 0 Å². The summed E-state index contributed by atoms with van der Waals surface area (Å²) in [5.74, 6) is 0. The average Bonchev–Trinajstić information content (AvgIpc) is 2.92. The van der Waals surface area contributed by atoms with E-state index in [0.717, 1.165) is 56.1 Å². The van der Waals surface area contributed by atoms with E-state index >= 15 is 0 Å². The van der Waals surface area contributed by atoms with Crippen molar-refractivity contribution in [2.24, 2.45) is 4.99 Å². The molecule has 1 saturated heterocycles. The lowest BCUT2D eigenvalue weighted by Crippen LogP contribution is -2.36. The summed E-state index contributed by atoms with van der Waals surface area (Å²) in [5.41, 5.74) is 3.29. The van der Waals surface area contributed by atoms with Crippen molar-refractivity contribution >= 4 is 29.1 Å². The lowest BCUT2D eigenvalue weighted by molar-refractivity contribution is 0.0571. The Labute approximate surface area is 171 Å². The molecule has 0 aliphatic carbocycles. The van der Waals surface area contributed by atoms with Crippen molar-refractivity contribution in [3.05, 3.63) is 46.2 Å². The van der Waals surface area contributed by atoms with E-state index in [1.807, 2.05) is 13.8 Å². The Morgan fingerprint density at radius 2 is 2.18 bits per heavy atom. The van der Waals surface area contributed by atoms with Gasteiger partial charge >= 0.3 is 0 Å². The van der Waals surface area contributed by atoms with Crippen LogP contribution < -0.4 is 0 Å². The molecule has 3 heterocycles. The molecule has 5 nitrogen and oxygen atoms in total. The van der Waals surface area contributed by atoms with Gasteiger partial charge in [0.2, 0.25) is 0 Å². The molecule has 0 amide bonds. The van der Waals surface area contributed by atoms with Crippen LogP contribution >= 0.6 is 17.2 Å². The number of hydrogen-bond donors (Lipinski definition) is 2. The van der Waals surface area contributed by atoms with Gasteiger partial charge in [0.15, 0.2) is 0 Å². The average molecular weight is 419 g/mol. The van der Waals surface area contributed by atoms with Gasteiger partial charge in [-0.3, -0.25) is 4.99 Å². The number of nitrogens with zero attached hydrogens (tertiary/aromatic N) is 2. The molecule has 2 N–H and O–H groups in total. The lowest BCUT2D eigenvalue weighted by Gasteiger charge is -2.38. The molecule has 0 radical (unpaired) electrons. The Morgan fingerprint density at radius 3 is 2.82 bits per heavy atom. The smallest absolute Gasteiger partial charge is 0.0844 e. The van der Waals surface area contributed by atoms with Crippen molar-refractivity contribution < 1.29 is 9.84 Å². The first kappa shape index (κ1) is 21.6. The fourth-order valence-corrected chi connectivity index (χ4v) is 7.25. The molecule has 0 bridgehead atoms. The van der Waals surface area contributed by atoms with E-state index in [2.05, 4.69) is 36.1 Å². The second kappa shape index (κ2) is 9.59. The predicted molar refractivity (Wildman–Crippen MR) is 123 cm³/mol. The molecule has 3 aliphatic rings. The van der Waals surface area contributed by atoms with Crippen molar-refractivity contribution in [3.63, 3.8) is 0 Å². The highest BCUT2D eigenvalue weighted by atomic mass is 31.1. The third-order valence-electron chi connectivity index (χ3n) is 5.09. The predicted octanol–water partition coefficient (Wildman–Crippen LogP) is 3.88. The van der Waals surface area contributed by atoms with E-state index in [1.165, 1.54) is 17.0 Å². The molecular formula is C21H31N3O2P2. The number of nitrogens with one attached hydrogen (secondary N) is 1. The minimum absolute atomic E-state index is 0.236. The van der Waals surface area contributed by atoms with Gasteiger partial charge in [-0.25, -0.2) is 0 Å². The van der Waals surface area contributed by atoms with E-state index in [4.69, 9.17) is 15.1 Å². The van der Waals surface area contributed by atoms with Crippen LogP contribution in [0.4, 0.5) is 0 Å². The molecule has 0 aromatic heterocycles. The van der Waals surface area contributed by atoms with Crippen molar-refractivity contribution in [1.82, 2.24) is 4.90 Å². The summed E-state index contributed by atoms with van der Waals surface area (Å²) in [5, 5.41) is 20.4. The van der Waals surface area contributed by atoms with Crippen LogP contribution in [0.3, 0.4) is 0 Å². The molecule has 3 atom stereocenters. The Balaban J connectivity index is 1.89. The van der Waals surface area contributed by atoms with Crippen molar-refractivity contribution in [2.45, 2.75) is 38.2 Å². The summed E-state index contributed by atoms with van der Waals surface area (Å²) in [4.78, 5) is 7.11. The highest BCUT2D eigenvalue weighted by Gasteiger charge is 2.32. The van der Waals surface area contributed by atoms with Crippen molar-refractivity contribution in [3.8, 4) is 0 Å². The largest absolute Gasteiger partial charge is 0.386 e. The molecular weight excluding hydrogens is 388 g/mol. The van der Waals surface area contributed by atoms with Gasteiger partial charge in [-0.15, -0.1) is 0 Å². The Hall–Kier alpha value is -1.12. The highest BCUT2D eigenvalue weighted by molar-refractivity contribution is 7.62. The number of morpholine rings is 1. The number of rotatable bonds is 6. The van der Waals surface area contributed by atoms with E-state index in [0.29, 0.717) is 17.2 Å². The van der Waals surface area contributed by atoms with Crippen LogP contribution in [0.25, 0.3) is 0 Å². The minimum atomic E-state index is -0.969. The van der Waals surface area contributed by atoms with Crippen LogP contribution in [-0.4, -0.2) is 65.8 Å². The van der Waals surface area contributed by atoms with Gasteiger partial charge in [0.05, 0.1) is 25.4 Å². The van der Waals surface area contributed by atoms with Crippen LogP contribution in [0.15, 0.2) is 51.2 Å². The Kier molecular flexibility index (Phi) is 7.39. The molecule has 152 valence electrons. The van der Waals surface area contributed by atoms with Gasteiger partial charge in [-0.05, 0) is 48.9 Å². The zero-order valence-electron chi connectivity index (χ0n) is 17.0. The number of hydrogen-bond acceptors (Lipinski definition) is 5. The first-order valence-corrected chi connectivity index (χ1v) is 12.0. The molecule has 7 heteroatoms. The summed E-state index contributed by atoms with van der Waals surface area (Å²) in [6.07, 6.45) is 10.9. The van der Waals surface area contributed by atoms with Crippen LogP contribution in [0.2, 0.25) is 0 Å². The first-order chi connectivity index (χ1) is 13.4. The Bertz CT molecular complexity index is 754. The zero-order chi connectivity index (χ0) is 20.1. The monoisotopic (exact) mass is 419 g/mol. The van der Waals surface area contributed by atoms with Gasteiger partial charge < -0.3 is 20.2 Å². The molecule has 1 fully saturated rings. The third kappa shape index (κ3) is 5.27. The first-order valence-electron chi connectivity index (χ1n) is 9.88. The molecule has 0 spiro atoms. The van der Waals surface area contributed by atoms with Crippen LogP contribution in [0, 0.1) is 5.41 Å². The molecule has 28 heavy (non-hydrogen) atoms. The van der Waals surface area contributed by atoms with Crippen molar-refractivity contribution in [2.75, 3.05) is 32.8 Å². The van der Waals surface area contributed by atoms with E-state index < -0.39 is 5.60 Å². The second-order valence-electron chi connectivity index (χ2n) is 7.64. The SMILES string of the molecule is CCC1=NCC(PC2PC(N3CCOCC3)=CC(C(C)(C)O)=C2C=N)=CC=C1. The quantitative estimate of drug-likeness (QED) is 0.507. The molecule has 0 aromatic carbocycles. The van der Waals surface area contributed by atoms with Crippen LogP contribution in [0.5, 0.6) is 0 Å². The molecule has 0 aromatic rings. The molecule has 3 aliphatic heterocycles. The zero-order valence-corrected chi connectivity index (χ0v) is 19.0. The molecule has 3 unspecified atom stereocenters. The van der Waals surface area contributed by atoms with E-state index in [-0.39, 0.29) is 5.40 Å². The van der Waals surface area contributed by atoms with Crippen molar-refractivity contribution in [1.29, 1.82) is 5.41 Å². The van der Waals surface area contributed by atoms with E-state index in [9.17, 15) is 5.11 Å². The maximum atomic E-state index is 10.8. The second-order valence-corrected chi connectivity index (χ2v) is 11.1. The number of aliphatic imine (C=N–C) groups is 1. The number of aliphatic hydroxyl groups is 1. The molecule has 3 rings (SSSR count). The summed E-state index contributed by atoms with van der Waals surface area (Å²) in [6.45, 7) is 9.78.